The molecule has 0 aromatic heterocycles. The highest BCUT2D eigenvalue weighted by atomic mass is 16.2. The molecule has 0 bridgehead atoms. The first kappa shape index (κ1) is 12.6. The van der Waals surface area contributed by atoms with Crippen molar-refractivity contribution < 1.29 is 9.59 Å². The van der Waals surface area contributed by atoms with Gasteiger partial charge in [0.15, 0.2) is 0 Å². The van der Waals surface area contributed by atoms with Crippen molar-refractivity contribution in [1.82, 2.24) is 10.2 Å². The van der Waals surface area contributed by atoms with Gasteiger partial charge in [-0.3, -0.25) is 9.59 Å². The van der Waals surface area contributed by atoms with Crippen LogP contribution in [0.4, 0.5) is 0 Å². The molecule has 0 spiro atoms. The van der Waals surface area contributed by atoms with Gasteiger partial charge in [-0.05, 0) is 5.92 Å². The van der Waals surface area contributed by atoms with Crippen LogP contribution < -0.4 is 5.32 Å². The van der Waals surface area contributed by atoms with Gasteiger partial charge in [0.2, 0.25) is 11.8 Å². The molecule has 1 aliphatic rings. The van der Waals surface area contributed by atoms with E-state index < -0.39 is 6.04 Å². The first-order valence-electron chi connectivity index (χ1n) is 5.58. The minimum atomic E-state index is -0.409. The predicted molar refractivity (Wildman–Crippen MR) is 61.4 cm³/mol. The minimum Gasteiger partial charge on any atom is -0.344 e. The standard InChI is InChI=1S/C12H18N2O2/c1-4-5-7-14-8-6-10(15)13-11(9(2)3)12(14)16/h1,9,11H,5-8H2,2-3H3,(H,13,15). The third-order valence-electron chi connectivity index (χ3n) is 2.70. The number of terminal acetylenes is 1. The molecule has 1 rings (SSSR count). The Hall–Kier alpha value is -1.50. The van der Waals surface area contributed by atoms with Crippen LogP contribution in [0.1, 0.15) is 26.7 Å². The fraction of sp³-hybridized carbons (Fsp3) is 0.667. The predicted octanol–water partition coefficient (Wildman–Crippen LogP) is 0.383. The molecule has 1 unspecified atom stereocenters. The topological polar surface area (TPSA) is 49.4 Å². The monoisotopic (exact) mass is 222 g/mol. The maximum atomic E-state index is 12.1. The molecule has 4 heteroatoms. The quantitative estimate of drug-likeness (QED) is 0.702. The number of carbonyl (C=O) groups is 2. The summed E-state index contributed by atoms with van der Waals surface area (Å²) in [5.41, 5.74) is 0. The van der Waals surface area contributed by atoms with Crippen molar-refractivity contribution in [3.63, 3.8) is 0 Å². The first-order chi connectivity index (χ1) is 7.56. The Labute approximate surface area is 96.4 Å². The largest absolute Gasteiger partial charge is 0.344 e. The summed E-state index contributed by atoms with van der Waals surface area (Å²) in [5.74, 6) is 2.53. The van der Waals surface area contributed by atoms with Crippen molar-refractivity contribution in [2.75, 3.05) is 13.1 Å². The highest BCUT2D eigenvalue weighted by Gasteiger charge is 2.31. The van der Waals surface area contributed by atoms with Gasteiger partial charge >= 0.3 is 0 Å². The third-order valence-corrected chi connectivity index (χ3v) is 2.70. The van der Waals surface area contributed by atoms with Gasteiger partial charge in [-0.25, -0.2) is 0 Å². The Bertz CT molecular complexity index is 317. The van der Waals surface area contributed by atoms with Gasteiger partial charge < -0.3 is 10.2 Å². The van der Waals surface area contributed by atoms with Crippen LogP contribution in [0.15, 0.2) is 0 Å². The molecule has 2 amide bonds. The van der Waals surface area contributed by atoms with Gasteiger partial charge in [-0.1, -0.05) is 13.8 Å². The summed E-state index contributed by atoms with van der Waals surface area (Å²) in [7, 11) is 0. The van der Waals surface area contributed by atoms with Gasteiger partial charge in [0.05, 0.1) is 0 Å². The van der Waals surface area contributed by atoms with E-state index >= 15 is 0 Å². The molecule has 1 atom stereocenters. The molecule has 0 aromatic carbocycles. The van der Waals surface area contributed by atoms with Gasteiger partial charge in [0.25, 0.3) is 0 Å². The van der Waals surface area contributed by atoms with Crippen molar-refractivity contribution in [3.8, 4) is 12.3 Å². The lowest BCUT2D eigenvalue weighted by atomic mass is 10.0. The molecule has 0 saturated carbocycles. The van der Waals surface area contributed by atoms with Gasteiger partial charge in [0, 0.05) is 25.9 Å². The van der Waals surface area contributed by atoms with Crippen LogP contribution in [0, 0.1) is 18.3 Å². The van der Waals surface area contributed by atoms with Crippen LogP contribution in [0.25, 0.3) is 0 Å². The zero-order valence-corrected chi connectivity index (χ0v) is 9.82. The van der Waals surface area contributed by atoms with Gasteiger partial charge in [-0.15, -0.1) is 12.3 Å². The average Bonchev–Trinajstić information content (AvgIpc) is 2.37. The summed E-state index contributed by atoms with van der Waals surface area (Å²) in [5, 5.41) is 2.75. The third kappa shape index (κ3) is 2.99. The van der Waals surface area contributed by atoms with Crippen molar-refractivity contribution in [2.24, 2.45) is 5.92 Å². The second-order valence-electron chi connectivity index (χ2n) is 4.32. The van der Waals surface area contributed by atoms with Crippen molar-refractivity contribution in [1.29, 1.82) is 0 Å². The van der Waals surface area contributed by atoms with Crippen molar-refractivity contribution >= 4 is 11.8 Å². The van der Waals surface area contributed by atoms with Crippen LogP contribution in [0.2, 0.25) is 0 Å². The average molecular weight is 222 g/mol. The van der Waals surface area contributed by atoms with E-state index in [1.54, 1.807) is 4.90 Å². The molecule has 1 heterocycles. The van der Waals surface area contributed by atoms with Crippen molar-refractivity contribution in [2.45, 2.75) is 32.7 Å². The lowest BCUT2D eigenvalue weighted by molar-refractivity contribution is -0.134. The highest BCUT2D eigenvalue weighted by Crippen LogP contribution is 2.11. The van der Waals surface area contributed by atoms with Crippen LogP contribution in [0.3, 0.4) is 0 Å². The normalized spacial score (nSPS) is 21.6. The second-order valence-corrected chi connectivity index (χ2v) is 4.32. The summed E-state index contributed by atoms with van der Waals surface area (Å²) < 4.78 is 0. The molecular weight excluding hydrogens is 204 g/mol. The number of nitrogens with zero attached hydrogens (tertiary/aromatic N) is 1. The van der Waals surface area contributed by atoms with E-state index in [9.17, 15) is 9.59 Å². The summed E-state index contributed by atoms with van der Waals surface area (Å²) in [6.07, 6.45) is 6.07. The van der Waals surface area contributed by atoms with Gasteiger partial charge in [0.1, 0.15) is 6.04 Å². The Morgan fingerprint density at radius 1 is 1.56 bits per heavy atom. The van der Waals surface area contributed by atoms with E-state index in [0.717, 1.165) is 0 Å². The lowest BCUT2D eigenvalue weighted by Gasteiger charge is -2.25. The molecule has 1 saturated heterocycles. The number of nitrogens with one attached hydrogen (secondary N) is 1. The number of hydrogen-bond donors (Lipinski definition) is 1. The fourth-order valence-corrected chi connectivity index (χ4v) is 1.72. The Balaban J connectivity index is 2.75. The van der Waals surface area contributed by atoms with Crippen molar-refractivity contribution in [3.05, 3.63) is 0 Å². The Kier molecular flexibility index (Phi) is 4.36. The molecule has 0 aliphatic carbocycles. The number of carbonyl (C=O) groups excluding carboxylic acids is 2. The highest BCUT2D eigenvalue weighted by molar-refractivity contribution is 5.90. The molecule has 88 valence electrons. The Morgan fingerprint density at radius 3 is 2.81 bits per heavy atom. The molecule has 0 aromatic rings. The van der Waals surface area contributed by atoms with Crippen LogP contribution in [-0.4, -0.2) is 35.8 Å². The van der Waals surface area contributed by atoms with Crippen LogP contribution >= 0.6 is 0 Å². The zero-order chi connectivity index (χ0) is 12.1. The maximum absolute atomic E-state index is 12.1. The number of hydrogen-bond acceptors (Lipinski definition) is 2. The molecule has 1 fully saturated rings. The summed E-state index contributed by atoms with van der Waals surface area (Å²) >= 11 is 0. The second kappa shape index (κ2) is 5.55. The summed E-state index contributed by atoms with van der Waals surface area (Å²) in [6, 6.07) is -0.409. The molecule has 1 aliphatic heterocycles. The first-order valence-corrected chi connectivity index (χ1v) is 5.58. The van der Waals surface area contributed by atoms with E-state index in [2.05, 4.69) is 11.2 Å². The van der Waals surface area contributed by atoms with E-state index in [4.69, 9.17) is 6.42 Å². The molecule has 16 heavy (non-hydrogen) atoms. The maximum Gasteiger partial charge on any atom is 0.245 e. The summed E-state index contributed by atoms with van der Waals surface area (Å²) in [6.45, 7) is 4.85. The SMILES string of the molecule is C#CCCN1CCC(=O)NC(C(C)C)C1=O. The zero-order valence-electron chi connectivity index (χ0n) is 9.82. The smallest absolute Gasteiger partial charge is 0.245 e. The van der Waals surface area contributed by atoms with E-state index in [-0.39, 0.29) is 17.7 Å². The van der Waals surface area contributed by atoms with Crippen LogP contribution in [0.5, 0.6) is 0 Å². The Morgan fingerprint density at radius 2 is 2.25 bits per heavy atom. The molecular formula is C12H18N2O2. The lowest BCUT2D eigenvalue weighted by Crippen LogP contribution is -2.47. The number of rotatable bonds is 3. The fourth-order valence-electron chi connectivity index (χ4n) is 1.72. The summed E-state index contributed by atoms with van der Waals surface area (Å²) in [4.78, 5) is 25.2. The van der Waals surface area contributed by atoms with Gasteiger partial charge in [-0.2, -0.15) is 0 Å². The van der Waals surface area contributed by atoms with Crippen LogP contribution in [-0.2, 0) is 9.59 Å². The minimum absolute atomic E-state index is 0.0175. The van der Waals surface area contributed by atoms with E-state index in [1.165, 1.54) is 0 Å². The van der Waals surface area contributed by atoms with E-state index in [1.807, 2.05) is 13.8 Å². The van der Waals surface area contributed by atoms with E-state index in [0.29, 0.717) is 25.9 Å². The molecule has 4 nitrogen and oxygen atoms in total. The number of amides is 2. The molecule has 1 N–H and O–H groups in total. The molecule has 0 radical (unpaired) electrons.